The highest BCUT2D eigenvalue weighted by Crippen LogP contribution is 2.04. The monoisotopic (exact) mass is 273 g/mol. The van der Waals surface area contributed by atoms with Gasteiger partial charge < -0.3 is 5.32 Å². The predicted octanol–water partition coefficient (Wildman–Crippen LogP) is 1.70. The topological polar surface area (TPSA) is 64.0 Å². The van der Waals surface area contributed by atoms with Crippen LogP contribution < -0.4 is 10.9 Å². The Labute approximate surface area is 117 Å². The molecule has 1 aromatic carbocycles. The fraction of sp³-hybridized carbons (Fsp3) is 0.400. The number of para-hydroxylation sites is 1. The highest BCUT2D eigenvalue weighted by Gasteiger charge is 2.09. The van der Waals surface area contributed by atoms with Gasteiger partial charge in [0.05, 0.1) is 17.2 Å². The van der Waals surface area contributed by atoms with Crippen LogP contribution in [0.5, 0.6) is 0 Å². The second-order valence-corrected chi connectivity index (χ2v) is 4.95. The highest BCUT2D eigenvalue weighted by molar-refractivity contribution is 5.78. The molecule has 1 heterocycles. The van der Waals surface area contributed by atoms with Crippen LogP contribution in [-0.4, -0.2) is 21.5 Å². The van der Waals surface area contributed by atoms with Gasteiger partial charge in [0.1, 0.15) is 6.54 Å². The first kappa shape index (κ1) is 14.2. The molecule has 0 radical (unpaired) electrons. The van der Waals surface area contributed by atoms with E-state index in [-0.39, 0.29) is 24.1 Å². The normalized spacial score (nSPS) is 12.3. The van der Waals surface area contributed by atoms with E-state index in [0.717, 1.165) is 12.8 Å². The van der Waals surface area contributed by atoms with Gasteiger partial charge in [-0.2, -0.15) is 0 Å². The van der Waals surface area contributed by atoms with Gasteiger partial charge in [-0.3, -0.25) is 14.2 Å². The van der Waals surface area contributed by atoms with Gasteiger partial charge in [0.2, 0.25) is 5.91 Å². The van der Waals surface area contributed by atoms with E-state index in [9.17, 15) is 9.59 Å². The van der Waals surface area contributed by atoms with Crippen molar-refractivity contribution in [2.24, 2.45) is 0 Å². The Morgan fingerprint density at radius 3 is 2.90 bits per heavy atom. The summed E-state index contributed by atoms with van der Waals surface area (Å²) in [6, 6.07) is 7.25. The van der Waals surface area contributed by atoms with Crippen LogP contribution in [0.15, 0.2) is 35.4 Å². The average Bonchev–Trinajstić information content (AvgIpc) is 2.42. The molecular formula is C15H19N3O2. The van der Waals surface area contributed by atoms with E-state index in [1.165, 1.54) is 10.9 Å². The van der Waals surface area contributed by atoms with Gasteiger partial charge in [0.25, 0.3) is 5.56 Å². The summed E-state index contributed by atoms with van der Waals surface area (Å²) >= 11 is 0. The van der Waals surface area contributed by atoms with Crippen molar-refractivity contribution in [1.29, 1.82) is 0 Å². The number of aromatic nitrogens is 2. The molecule has 5 nitrogen and oxygen atoms in total. The maximum atomic E-state index is 12.2. The molecule has 5 heteroatoms. The van der Waals surface area contributed by atoms with Crippen LogP contribution in [-0.2, 0) is 11.3 Å². The summed E-state index contributed by atoms with van der Waals surface area (Å²) in [6.07, 6.45) is 3.37. The van der Waals surface area contributed by atoms with Crippen molar-refractivity contribution in [3.05, 3.63) is 40.9 Å². The fourth-order valence-electron chi connectivity index (χ4n) is 2.20. The molecule has 0 aliphatic carbocycles. The van der Waals surface area contributed by atoms with E-state index >= 15 is 0 Å². The lowest BCUT2D eigenvalue weighted by molar-refractivity contribution is -0.122. The van der Waals surface area contributed by atoms with E-state index in [2.05, 4.69) is 17.2 Å². The Hall–Kier alpha value is -2.17. The molecule has 0 saturated heterocycles. The Bertz CT molecular complexity index is 663. The third kappa shape index (κ3) is 3.23. The van der Waals surface area contributed by atoms with Crippen molar-refractivity contribution in [3.8, 4) is 0 Å². The number of hydrogen-bond acceptors (Lipinski definition) is 3. The predicted molar refractivity (Wildman–Crippen MR) is 78.5 cm³/mol. The minimum absolute atomic E-state index is 0.00468. The maximum Gasteiger partial charge on any atom is 0.261 e. The number of carbonyl (C=O) groups excluding carboxylic acids is 1. The molecule has 106 valence electrons. The van der Waals surface area contributed by atoms with Crippen molar-refractivity contribution in [2.75, 3.05) is 0 Å². The van der Waals surface area contributed by atoms with Gasteiger partial charge >= 0.3 is 0 Å². The van der Waals surface area contributed by atoms with Crippen LogP contribution in [0.4, 0.5) is 0 Å². The van der Waals surface area contributed by atoms with Crippen molar-refractivity contribution in [2.45, 2.75) is 39.3 Å². The Morgan fingerprint density at radius 1 is 1.40 bits per heavy atom. The van der Waals surface area contributed by atoms with E-state index in [1.54, 1.807) is 18.2 Å². The molecule has 0 aliphatic rings. The minimum Gasteiger partial charge on any atom is -0.352 e. The Kier molecular flexibility index (Phi) is 4.50. The molecule has 0 fully saturated rings. The van der Waals surface area contributed by atoms with Crippen LogP contribution in [0.25, 0.3) is 10.9 Å². The molecule has 20 heavy (non-hydrogen) atoms. The SMILES string of the molecule is CCC[C@H](C)NC(=O)Cn1cnc2ccccc2c1=O. The van der Waals surface area contributed by atoms with Gasteiger partial charge in [-0.1, -0.05) is 25.5 Å². The molecule has 1 aromatic heterocycles. The van der Waals surface area contributed by atoms with Crippen LogP contribution in [0.2, 0.25) is 0 Å². The molecule has 2 rings (SSSR count). The first-order valence-corrected chi connectivity index (χ1v) is 6.85. The number of fused-ring (bicyclic) bond motifs is 1. The molecule has 0 unspecified atom stereocenters. The third-order valence-corrected chi connectivity index (χ3v) is 3.17. The largest absolute Gasteiger partial charge is 0.352 e. The summed E-state index contributed by atoms with van der Waals surface area (Å²) in [5, 5.41) is 3.41. The lowest BCUT2D eigenvalue weighted by Crippen LogP contribution is -2.37. The highest BCUT2D eigenvalue weighted by atomic mass is 16.2. The van der Waals surface area contributed by atoms with Gasteiger partial charge in [-0.25, -0.2) is 4.98 Å². The molecule has 1 amide bonds. The number of nitrogens with zero attached hydrogens (tertiary/aromatic N) is 2. The fourth-order valence-corrected chi connectivity index (χ4v) is 2.20. The number of hydrogen-bond donors (Lipinski definition) is 1. The molecule has 2 aromatic rings. The molecule has 1 atom stereocenters. The van der Waals surface area contributed by atoms with Crippen molar-refractivity contribution >= 4 is 16.8 Å². The van der Waals surface area contributed by atoms with E-state index in [0.29, 0.717) is 10.9 Å². The molecule has 0 saturated carbocycles. The summed E-state index contributed by atoms with van der Waals surface area (Å²) < 4.78 is 1.34. The second kappa shape index (κ2) is 6.32. The van der Waals surface area contributed by atoms with Gasteiger partial charge in [0.15, 0.2) is 0 Å². The lowest BCUT2D eigenvalue weighted by Gasteiger charge is -2.13. The lowest BCUT2D eigenvalue weighted by atomic mass is 10.2. The number of nitrogens with one attached hydrogen (secondary N) is 1. The van der Waals surface area contributed by atoms with Crippen molar-refractivity contribution in [3.63, 3.8) is 0 Å². The maximum absolute atomic E-state index is 12.2. The van der Waals surface area contributed by atoms with Crippen molar-refractivity contribution in [1.82, 2.24) is 14.9 Å². The van der Waals surface area contributed by atoms with Crippen LogP contribution >= 0.6 is 0 Å². The summed E-state index contributed by atoms with van der Waals surface area (Å²) in [4.78, 5) is 28.3. The smallest absolute Gasteiger partial charge is 0.261 e. The molecule has 1 N–H and O–H groups in total. The van der Waals surface area contributed by atoms with Gasteiger partial charge in [0, 0.05) is 6.04 Å². The number of carbonyl (C=O) groups is 1. The standard InChI is InChI=1S/C15H19N3O2/c1-3-6-11(2)17-14(19)9-18-10-16-13-8-5-4-7-12(13)15(18)20/h4-5,7-8,10-11H,3,6,9H2,1-2H3,(H,17,19)/t11-/m0/s1. The van der Waals surface area contributed by atoms with E-state index < -0.39 is 0 Å². The second-order valence-electron chi connectivity index (χ2n) is 4.95. The summed E-state index contributed by atoms with van der Waals surface area (Å²) in [5.41, 5.74) is 0.461. The summed E-state index contributed by atoms with van der Waals surface area (Å²) in [7, 11) is 0. The third-order valence-electron chi connectivity index (χ3n) is 3.17. The zero-order valence-electron chi connectivity index (χ0n) is 11.8. The van der Waals surface area contributed by atoms with Crippen LogP contribution in [0, 0.1) is 0 Å². The van der Waals surface area contributed by atoms with E-state index in [1.807, 2.05) is 13.0 Å². The Balaban J connectivity index is 2.16. The minimum atomic E-state index is -0.186. The van der Waals surface area contributed by atoms with Gasteiger partial charge in [-0.05, 0) is 25.5 Å². The van der Waals surface area contributed by atoms with Crippen LogP contribution in [0.3, 0.4) is 0 Å². The summed E-state index contributed by atoms with van der Waals surface area (Å²) in [5.74, 6) is -0.162. The molecule has 0 bridgehead atoms. The van der Waals surface area contributed by atoms with Gasteiger partial charge in [-0.15, -0.1) is 0 Å². The first-order valence-electron chi connectivity index (χ1n) is 6.85. The zero-order valence-corrected chi connectivity index (χ0v) is 11.8. The Morgan fingerprint density at radius 2 is 2.15 bits per heavy atom. The van der Waals surface area contributed by atoms with E-state index in [4.69, 9.17) is 0 Å². The molecule has 0 spiro atoms. The quantitative estimate of drug-likeness (QED) is 0.901. The zero-order chi connectivity index (χ0) is 14.5. The summed E-state index contributed by atoms with van der Waals surface area (Å²) in [6.45, 7) is 4.04. The first-order chi connectivity index (χ1) is 9.61. The van der Waals surface area contributed by atoms with Crippen molar-refractivity contribution < 1.29 is 4.79 Å². The van der Waals surface area contributed by atoms with Crippen LogP contribution in [0.1, 0.15) is 26.7 Å². The molecular weight excluding hydrogens is 254 g/mol. The molecule has 0 aliphatic heterocycles. The number of amides is 1. The number of rotatable bonds is 5. The average molecular weight is 273 g/mol. The number of benzene rings is 1.